The molecule has 0 radical (unpaired) electrons. The molecule has 1 atom stereocenters. The van der Waals surface area contributed by atoms with Crippen LogP contribution in [0.4, 0.5) is 4.39 Å². The number of benzene rings is 2. The topological polar surface area (TPSA) is 60.9 Å². The first-order chi connectivity index (χ1) is 13.9. The molecule has 1 N–H and O–H groups in total. The summed E-state index contributed by atoms with van der Waals surface area (Å²) in [6, 6.07) is 14.7. The summed E-state index contributed by atoms with van der Waals surface area (Å²) in [6.45, 7) is 0.791. The number of amides is 1. The van der Waals surface area contributed by atoms with Crippen LogP contribution in [-0.4, -0.2) is 53.8 Å². The number of ketones is 1. The second kappa shape index (κ2) is 9.01. The quantitative estimate of drug-likeness (QED) is 0.744. The number of aliphatic hydroxyl groups excluding tert-OH is 1. The minimum atomic E-state index is -0.924. The molecule has 2 aromatic rings. The lowest BCUT2D eigenvalue weighted by molar-refractivity contribution is -0.129. The van der Waals surface area contributed by atoms with E-state index in [9.17, 15) is 19.1 Å². The minimum absolute atomic E-state index is 0.0187. The van der Waals surface area contributed by atoms with E-state index in [0.717, 1.165) is 5.56 Å². The number of aryl methyl sites for hydroxylation is 1. The Labute approximate surface area is 170 Å². The zero-order valence-corrected chi connectivity index (χ0v) is 16.6. The molecular weight excluding hydrogens is 371 g/mol. The maximum Gasteiger partial charge on any atom is 0.290 e. The fourth-order valence-electron chi connectivity index (χ4n) is 3.53. The van der Waals surface area contributed by atoms with E-state index < -0.39 is 23.5 Å². The van der Waals surface area contributed by atoms with E-state index >= 15 is 0 Å². The fraction of sp³-hybridized carbons (Fsp3) is 0.304. The van der Waals surface area contributed by atoms with Gasteiger partial charge in [0.1, 0.15) is 5.82 Å². The number of hydrogen-bond donors (Lipinski definition) is 1. The molecule has 0 aliphatic carbocycles. The number of halogens is 1. The third-order valence-corrected chi connectivity index (χ3v) is 5.08. The molecular formula is C23H25FN2O3. The first kappa shape index (κ1) is 20.7. The molecule has 5 nitrogen and oxygen atoms in total. The van der Waals surface area contributed by atoms with Gasteiger partial charge >= 0.3 is 0 Å². The molecule has 0 bridgehead atoms. The third kappa shape index (κ3) is 4.54. The van der Waals surface area contributed by atoms with Crippen LogP contribution in [0.15, 0.2) is 65.9 Å². The average molecular weight is 396 g/mol. The monoisotopic (exact) mass is 396 g/mol. The van der Waals surface area contributed by atoms with Crippen LogP contribution in [0.3, 0.4) is 0 Å². The second-order valence-electron chi connectivity index (χ2n) is 7.40. The molecule has 0 aromatic heterocycles. The Balaban J connectivity index is 1.92. The Morgan fingerprint density at radius 1 is 1.10 bits per heavy atom. The van der Waals surface area contributed by atoms with Gasteiger partial charge in [0.2, 0.25) is 0 Å². The molecule has 1 unspecified atom stereocenters. The van der Waals surface area contributed by atoms with Gasteiger partial charge in [-0.25, -0.2) is 4.39 Å². The van der Waals surface area contributed by atoms with Crippen molar-refractivity contribution in [3.8, 4) is 0 Å². The highest BCUT2D eigenvalue weighted by Gasteiger charge is 2.43. The Morgan fingerprint density at radius 3 is 2.41 bits per heavy atom. The van der Waals surface area contributed by atoms with Crippen molar-refractivity contribution in [3.05, 3.63) is 82.9 Å². The molecule has 2 aromatic carbocycles. The van der Waals surface area contributed by atoms with Crippen LogP contribution in [-0.2, 0) is 16.0 Å². The Kier molecular flexibility index (Phi) is 6.44. The zero-order chi connectivity index (χ0) is 21.0. The van der Waals surface area contributed by atoms with Crippen LogP contribution >= 0.6 is 0 Å². The lowest BCUT2D eigenvalue weighted by Gasteiger charge is -2.28. The van der Waals surface area contributed by atoms with Crippen LogP contribution in [0.2, 0.25) is 0 Å². The number of nitrogens with zero attached hydrogens (tertiary/aromatic N) is 2. The lowest BCUT2D eigenvalue weighted by atomic mass is 9.93. The van der Waals surface area contributed by atoms with Gasteiger partial charge in [0.15, 0.2) is 11.5 Å². The van der Waals surface area contributed by atoms with E-state index in [1.165, 1.54) is 11.0 Å². The fourth-order valence-corrected chi connectivity index (χ4v) is 3.53. The Hall–Kier alpha value is -2.99. The lowest BCUT2D eigenvalue weighted by Crippen LogP contribution is -2.37. The van der Waals surface area contributed by atoms with E-state index in [1.54, 1.807) is 18.2 Å². The highest BCUT2D eigenvalue weighted by molar-refractivity contribution is 6.09. The average Bonchev–Trinajstić information content (AvgIpc) is 2.96. The van der Waals surface area contributed by atoms with Crippen molar-refractivity contribution >= 4 is 11.7 Å². The van der Waals surface area contributed by atoms with Gasteiger partial charge in [0, 0.05) is 25.1 Å². The van der Waals surface area contributed by atoms with E-state index in [0.29, 0.717) is 13.0 Å². The highest BCUT2D eigenvalue weighted by atomic mass is 19.1. The van der Waals surface area contributed by atoms with Crippen LogP contribution in [0.25, 0.3) is 0 Å². The SMILES string of the molecule is CN(C)CCN1C(=O)C(O)=C(C(=O)CCc2ccccc2)C1c1ccccc1F. The molecule has 29 heavy (non-hydrogen) atoms. The van der Waals surface area contributed by atoms with Crippen molar-refractivity contribution in [2.24, 2.45) is 0 Å². The van der Waals surface area contributed by atoms with Gasteiger partial charge in [-0.05, 0) is 32.1 Å². The van der Waals surface area contributed by atoms with Crippen molar-refractivity contribution in [2.45, 2.75) is 18.9 Å². The molecule has 3 rings (SSSR count). The maximum absolute atomic E-state index is 14.6. The zero-order valence-electron chi connectivity index (χ0n) is 16.6. The first-order valence-electron chi connectivity index (χ1n) is 9.60. The smallest absolute Gasteiger partial charge is 0.290 e. The van der Waals surface area contributed by atoms with Crippen molar-refractivity contribution < 1.29 is 19.1 Å². The van der Waals surface area contributed by atoms with Gasteiger partial charge in [-0.15, -0.1) is 0 Å². The number of Topliss-reactive ketones (excluding diaryl/α,β-unsaturated/α-hetero) is 1. The summed E-state index contributed by atoms with van der Waals surface area (Å²) in [5, 5.41) is 10.5. The van der Waals surface area contributed by atoms with Gasteiger partial charge in [0.05, 0.1) is 11.6 Å². The first-order valence-corrected chi connectivity index (χ1v) is 9.60. The Bertz CT molecular complexity index is 925. The molecule has 1 amide bonds. The molecule has 0 saturated heterocycles. The summed E-state index contributed by atoms with van der Waals surface area (Å²) in [4.78, 5) is 29.0. The van der Waals surface area contributed by atoms with Crippen LogP contribution in [0.1, 0.15) is 23.6 Å². The van der Waals surface area contributed by atoms with Crippen LogP contribution in [0, 0.1) is 5.82 Å². The van der Waals surface area contributed by atoms with Gasteiger partial charge in [-0.2, -0.15) is 0 Å². The van der Waals surface area contributed by atoms with Gasteiger partial charge in [-0.1, -0.05) is 48.5 Å². The third-order valence-electron chi connectivity index (χ3n) is 5.08. The molecule has 1 aliphatic heterocycles. The summed E-state index contributed by atoms with van der Waals surface area (Å²) in [5.74, 6) is -2.07. The summed E-state index contributed by atoms with van der Waals surface area (Å²) in [5.41, 5.74) is 1.18. The second-order valence-corrected chi connectivity index (χ2v) is 7.40. The van der Waals surface area contributed by atoms with E-state index in [4.69, 9.17) is 0 Å². The highest BCUT2D eigenvalue weighted by Crippen LogP contribution is 2.39. The molecule has 152 valence electrons. The predicted octanol–water partition coefficient (Wildman–Crippen LogP) is 3.28. The van der Waals surface area contributed by atoms with Crippen LogP contribution < -0.4 is 0 Å². The van der Waals surface area contributed by atoms with Gasteiger partial charge < -0.3 is 14.9 Å². The summed E-state index contributed by atoms with van der Waals surface area (Å²) < 4.78 is 14.6. The molecule has 1 heterocycles. The number of aliphatic hydroxyl groups is 1. The largest absolute Gasteiger partial charge is 0.503 e. The number of likely N-dealkylation sites (N-methyl/N-ethyl adjacent to an activating group) is 1. The van der Waals surface area contributed by atoms with Crippen LogP contribution in [0.5, 0.6) is 0 Å². The van der Waals surface area contributed by atoms with E-state index in [1.807, 2.05) is 49.3 Å². The van der Waals surface area contributed by atoms with E-state index in [2.05, 4.69) is 0 Å². The molecule has 0 saturated carbocycles. The van der Waals surface area contributed by atoms with Crippen molar-refractivity contribution in [2.75, 3.05) is 27.2 Å². The Morgan fingerprint density at radius 2 is 1.76 bits per heavy atom. The molecule has 0 fully saturated rings. The minimum Gasteiger partial charge on any atom is -0.503 e. The van der Waals surface area contributed by atoms with Crippen molar-refractivity contribution in [3.63, 3.8) is 0 Å². The number of rotatable bonds is 8. The summed E-state index contributed by atoms with van der Waals surface area (Å²) in [7, 11) is 3.72. The number of carbonyl (C=O) groups is 2. The van der Waals surface area contributed by atoms with Gasteiger partial charge in [-0.3, -0.25) is 9.59 Å². The maximum atomic E-state index is 14.6. The molecule has 1 aliphatic rings. The number of carbonyl (C=O) groups excluding carboxylic acids is 2. The predicted molar refractivity (Wildman–Crippen MR) is 109 cm³/mol. The standard InChI is InChI=1S/C23H25FN2O3/c1-25(2)14-15-26-21(17-10-6-7-11-18(17)24)20(22(28)23(26)29)19(27)13-12-16-8-4-3-5-9-16/h3-11,21,28H,12-15H2,1-2H3. The number of hydrogen-bond acceptors (Lipinski definition) is 4. The van der Waals surface area contributed by atoms with Crippen molar-refractivity contribution in [1.82, 2.24) is 9.80 Å². The summed E-state index contributed by atoms with van der Waals surface area (Å²) >= 11 is 0. The van der Waals surface area contributed by atoms with Crippen molar-refractivity contribution in [1.29, 1.82) is 0 Å². The molecule has 0 spiro atoms. The molecule has 6 heteroatoms. The normalized spacial score (nSPS) is 16.8. The summed E-state index contributed by atoms with van der Waals surface area (Å²) in [6.07, 6.45) is 0.607. The van der Waals surface area contributed by atoms with Gasteiger partial charge in [0.25, 0.3) is 5.91 Å². The van der Waals surface area contributed by atoms with E-state index in [-0.39, 0.29) is 29.9 Å².